The van der Waals surface area contributed by atoms with Crippen molar-refractivity contribution in [1.29, 1.82) is 0 Å². The SMILES string of the molecule is COC(C(=O)NC[C@@](Cc1ccccc1)(c1cc(C)cc(F)c1)c1ccc(F)cn1)(c1ccccc1)C(F)(F)F. The Labute approximate surface area is 228 Å². The van der Waals surface area contributed by atoms with Gasteiger partial charge in [0.1, 0.15) is 11.6 Å². The van der Waals surface area contributed by atoms with E-state index < -0.39 is 46.8 Å². The monoisotopic (exact) mass is 554 g/mol. The van der Waals surface area contributed by atoms with E-state index in [2.05, 4.69) is 10.3 Å². The molecule has 0 aliphatic heterocycles. The number of carbonyl (C=O) groups is 1. The molecule has 2 atom stereocenters. The van der Waals surface area contributed by atoms with E-state index in [4.69, 9.17) is 4.74 Å². The van der Waals surface area contributed by atoms with Crippen molar-refractivity contribution in [2.75, 3.05) is 13.7 Å². The van der Waals surface area contributed by atoms with Crippen molar-refractivity contribution in [3.8, 4) is 0 Å². The minimum Gasteiger partial charge on any atom is -0.356 e. The summed E-state index contributed by atoms with van der Waals surface area (Å²) in [4.78, 5) is 17.8. The van der Waals surface area contributed by atoms with Crippen LogP contribution in [0.25, 0.3) is 0 Å². The lowest BCUT2D eigenvalue weighted by Crippen LogP contribution is -2.58. The van der Waals surface area contributed by atoms with Crippen molar-refractivity contribution < 1.29 is 31.5 Å². The topological polar surface area (TPSA) is 51.2 Å². The first-order valence-electron chi connectivity index (χ1n) is 12.4. The molecule has 208 valence electrons. The maximum atomic E-state index is 14.8. The van der Waals surface area contributed by atoms with Gasteiger partial charge in [-0.05, 0) is 54.3 Å². The Balaban J connectivity index is 1.89. The second-order valence-corrected chi connectivity index (χ2v) is 9.56. The summed E-state index contributed by atoms with van der Waals surface area (Å²) in [6.45, 7) is 1.24. The van der Waals surface area contributed by atoms with Crippen LogP contribution >= 0.6 is 0 Å². The highest BCUT2D eigenvalue weighted by atomic mass is 19.4. The first-order chi connectivity index (χ1) is 19.0. The summed E-state index contributed by atoms with van der Waals surface area (Å²) in [7, 11) is 0.814. The molecule has 0 radical (unpaired) electrons. The van der Waals surface area contributed by atoms with Crippen LogP contribution in [0.15, 0.2) is 97.2 Å². The molecule has 4 aromatic rings. The van der Waals surface area contributed by atoms with Gasteiger partial charge in [-0.15, -0.1) is 0 Å². The van der Waals surface area contributed by atoms with Crippen LogP contribution in [0, 0.1) is 18.6 Å². The number of carbonyl (C=O) groups excluding carboxylic acids is 1. The van der Waals surface area contributed by atoms with Crippen LogP contribution in [-0.2, 0) is 27.0 Å². The minimum absolute atomic E-state index is 0.104. The third kappa shape index (κ3) is 5.60. The standard InChI is InChI=1S/C31H27F5N2O2/c1-21-15-24(17-26(33)16-21)29(18-22-9-5-3-6-10-22,27-14-13-25(32)19-37-27)20-38-28(39)30(40-2,31(34,35)36)23-11-7-4-8-12-23/h3-17,19H,18,20H2,1-2H3,(H,38,39)/t29-,30?/m0/s1. The number of pyridine rings is 1. The van der Waals surface area contributed by atoms with Gasteiger partial charge >= 0.3 is 6.18 Å². The van der Waals surface area contributed by atoms with Gasteiger partial charge in [-0.1, -0.05) is 66.7 Å². The smallest absolute Gasteiger partial charge is 0.356 e. The molecule has 40 heavy (non-hydrogen) atoms. The highest BCUT2D eigenvalue weighted by Gasteiger charge is 2.62. The average molecular weight is 555 g/mol. The number of alkyl halides is 3. The Morgan fingerprint density at radius 3 is 2.05 bits per heavy atom. The molecule has 0 saturated heterocycles. The summed E-state index contributed by atoms with van der Waals surface area (Å²) in [6.07, 6.45) is -4.05. The maximum absolute atomic E-state index is 14.8. The molecule has 0 bridgehead atoms. The van der Waals surface area contributed by atoms with Gasteiger partial charge in [-0.25, -0.2) is 8.78 Å². The molecule has 0 saturated carbocycles. The lowest BCUT2D eigenvalue weighted by Gasteiger charge is -2.38. The normalized spacial score (nSPS) is 14.7. The van der Waals surface area contributed by atoms with E-state index in [1.807, 2.05) is 0 Å². The molecule has 1 amide bonds. The second-order valence-electron chi connectivity index (χ2n) is 9.56. The summed E-state index contributed by atoms with van der Waals surface area (Å²) in [5, 5.41) is 2.45. The zero-order valence-corrected chi connectivity index (χ0v) is 21.8. The molecule has 1 aromatic heterocycles. The number of hydrogen-bond acceptors (Lipinski definition) is 3. The van der Waals surface area contributed by atoms with Crippen molar-refractivity contribution in [2.24, 2.45) is 0 Å². The Bertz CT molecular complexity index is 1430. The molecule has 9 heteroatoms. The summed E-state index contributed by atoms with van der Waals surface area (Å²) in [5.41, 5.74) is -3.24. The van der Waals surface area contributed by atoms with Gasteiger partial charge in [-0.3, -0.25) is 9.78 Å². The number of amides is 1. The summed E-state index contributed by atoms with van der Waals surface area (Å²) >= 11 is 0. The number of halogens is 5. The van der Waals surface area contributed by atoms with Crippen LogP contribution in [0.4, 0.5) is 22.0 Å². The molecular formula is C31H27F5N2O2. The van der Waals surface area contributed by atoms with Crippen LogP contribution in [0.3, 0.4) is 0 Å². The van der Waals surface area contributed by atoms with Gasteiger partial charge in [0.05, 0.1) is 17.3 Å². The molecule has 1 unspecified atom stereocenters. The molecule has 0 aliphatic rings. The minimum atomic E-state index is -5.13. The van der Waals surface area contributed by atoms with Crippen molar-refractivity contribution in [3.63, 3.8) is 0 Å². The highest BCUT2D eigenvalue weighted by Crippen LogP contribution is 2.43. The molecule has 1 N–H and O–H groups in total. The average Bonchev–Trinajstić information content (AvgIpc) is 2.92. The van der Waals surface area contributed by atoms with Crippen molar-refractivity contribution in [3.05, 3.63) is 137 Å². The molecule has 0 aliphatic carbocycles. The van der Waals surface area contributed by atoms with Crippen molar-refractivity contribution in [2.45, 2.75) is 30.5 Å². The fourth-order valence-electron chi connectivity index (χ4n) is 4.99. The van der Waals surface area contributed by atoms with E-state index in [0.717, 1.165) is 37.1 Å². The molecule has 3 aromatic carbocycles. The van der Waals surface area contributed by atoms with Crippen LogP contribution in [0.5, 0.6) is 0 Å². The predicted molar refractivity (Wildman–Crippen MR) is 140 cm³/mol. The number of nitrogens with zero attached hydrogens (tertiary/aromatic N) is 1. The lowest BCUT2D eigenvalue weighted by molar-refractivity contribution is -0.265. The van der Waals surface area contributed by atoms with Crippen molar-refractivity contribution >= 4 is 5.91 Å². The van der Waals surface area contributed by atoms with Crippen molar-refractivity contribution in [1.82, 2.24) is 10.3 Å². The van der Waals surface area contributed by atoms with Crippen LogP contribution in [0.2, 0.25) is 0 Å². The molecule has 1 heterocycles. The van der Waals surface area contributed by atoms with Crippen LogP contribution in [-0.4, -0.2) is 30.7 Å². The Morgan fingerprint density at radius 2 is 1.50 bits per heavy atom. The number of benzene rings is 3. The number of nitrogens with one attached hydrogen (secondary N) is 1. The predicted octanol–water partition coefficient (Wildman–Crippen LogP) is 6.42. The zero-order valence-electron chi connectivity index (χ0n) is 21.8. The Morgan fingerprint density at radius 1 is 0.850 bits per heavy atom. The summed E-state index contributed by atoms with van der Waals surface area (Å²) < 4.78 is 77.4. The van der Waals surface area contributed by atoms with Crippen LogP contribution in [0.1, 0.15) is 27.9 Å². The highest BCUT2D eigenvalue weighted by molar-refractivity contribution is 5.88. The first-order valence-corrected chi connectivity index (χ1v) is 12.4. The van der Waals surface area contributed by atoms with E-state index in [9.17, 15) is 26.7 Å². The fraction of sp³-hybridized carbons (Fsp3) is 0.226. The van der Waals surface area contributed by atoms with Gasteiger partial charge in [0.2, 0.25) is 0 Å². The molecule has 4 nitrogen and oxygen atoms in total. The van der Waals surface area contributed by atoms with Gasteiger partial charge in [0.15, 0.2) is 0 Å². The Hall–Kier alpha value is -4.11. The number of rotatable bonds is 9. The van der Waals surface area contributed by atoms with E-state index >= 15 is 0 Å². The lowest BCUT2D eigenvalue weighted by atomic mass is 9.72. The third-order valence-electron chi connectivity index (χ3n) is 6.92. The third-order valence-corrected chi connectivity index (χ3v) is 6.92. The molecule has 0 fully saturated rings. The largest absolute Gasteiger partial charge is 0.430 e. The quantitative estimate of drug-likeness (QED) is 0.243. The maximum Gasteiger partial charge on any atom is 0.430 e. The van der Waals surface area contributed by atoms with Gasteiger partial charge < -0.3 is 10.1 Å². The summed E-state index contributed by atoms with van der Waals surface area (Å²) in [5.74, 6) is -2.66. The molecule has 4 rings (SSSR count). The number of ether oxygens (including phenoxy) is 1. The van der Waals surface area contributed by atoms with Gasteiger partial charge in [0, 0.05) is 19.2 Å². The number of aromatic nitrogens is 1. The van der Waals surface area contributed by atoms with Crippen LogP contribution < -0.4 is 5.32 Å². The first kappa shape index (κ1) is 28.9. The molecular weight excluding hydrogens is 527 g/mol. The van der Waals surface area contributed by atoms with E-state index in [-0.39, 0.29) is 12.1 Å². The van der Waals surface area contributed by atoms with Gasteiger partial charge in [-0.2, -0.15) is 13.2 Å². The Kier molecular flexibility index (Phi) is 8.34. The number of aryl methyl sites for hydroxylation is 1. The number of hydrogen-bond donors (Lipinski definition) is 1. The zero-order chi connectivity index (χ0) is 29.0. The van der Waals surface area contributed by atoms with E-state index in [1.165, 1.54) is 36.4 Å². The van der Waals surface area contributed by atoms with E-state index in [1.54, 1.807) is 43.3 Å². The number of methoxy groups -OCH3 is 1. The summed E-state index contributed by atoms with van der Waals surface area (Å²) in [6, 6.07) is 22.3. The second kappa shape index (κ2) is 11.6. The van der Waals surface area contributed by atoms with Gasteiger partial charge in [0.25, 0.3) is 11.5 Å². The molecule has 0 spiro atoms. The van der Waals surface area contributed by atoms with E-state index in [0.29, 0.717) is 11.1 Å². The fourth-order valence-corrected chi connectivity index (χ4v) is 4.99.